The van der Waals surface area contributed by atoms with E-state index in [9.17, 15) is 14.0 Å². The first-order valence-corrected chi connectivity index (χ1v) is 8.90. The molecule has 7 nitrogen and oxygen atoms in total. The Bertz CT molecular complexity index is 874. The van der Waals surface area contributed by atoms with E-state index in [1.165, 1.54) is 30.2 Å². The van der Waals surface area contributed by atoms with Gasteiger partial charge in [0.25, 0.3) is 5.91 Å². The van der Waals surface area contributed by atoms with E-state index in [-0.39, 0.29) is 11.8 Å². The van der Waals surface area contributed by atoms with Gasteiger partial charge in [-0.05, 0) is 35.9 Å². The minimum Gasteiger partial charge on any atom is -0.493 e. The van der Waals surface area contributed by atoms with Crippen molar-refractivity contribution in [2.75, 3.05) is 33.4 Å². The monoisotopic (exact) mass is 387 g/mol. The number of piperazine rings is 1. The highest BCUT2D eigenvalue weighted by Gasteiger charge is 2.35. The Balaban J connectivity index is 1.91. The number of ether oxygens (including phenoxy) is 2. The number of amides is 2. The third-order valence-corrected chi connectivity index (χ3v) is 4.42. The average Bonchev–Trinajstić information content (AvgIpc) is 2.71. The molecule has 0 aromatic heterocycles. The molecule has 2 amide bonds. The van der Waals surface area contributed by atoms with Crippen LogP contribution in [0.2, 0.25) is 0 Å². The zero-order valence-corrected chi connectivity index (χ0v) is 15.5. The van der Waals surface area contributed by atoms with Crippen LogP contribution in [0.25, 0.3) is 0 Å². The lowest BCUT2D eigenvalue weighted by Gasteiger charge is -2.35. The third kappa shape index (κ3) is 4.07. The molecule has 3 N–H and O–H groups in total. The zero-order chi connectivity index (χ0) is 20.1. The van der Waals surface area contributed by atoms with E-state index in [4.69, 9.17) is 15.2 Å². The molecule has 3 rings (SSSR count). The molecule has 148 valence electrons. The van der Waals surface area contributed by atoms with Gasteiger partial charge in [0.1, 0.15) is 18.5 Å². The maximum absolute atomic E-state index is 13.7. The van der Waals surface area contributed by atoms with Gasteiger partial charge in [-0.2, -0.15) is 0 Å². The van der Waals surface area contributed by atoms with Crippen molar-refractivity contribution in [3.05, 3.63) is 59.4 Å². The minimum absolute atomic E-state index is 0.305. The Morgan fingerprint density at radius 3 is 2.82 bits per heavy atom. The van der Waals surface area contributed by atoms with Gasteiger partial charge < -0.3 is 25.4 Å². The van der Waals surface area contributed by atoms with Gasteiger partial charge in [-0.15, -0.1) is 0 Å². The molecule has 0 radical (unpaired) electrons. The van der Waals surface area contributed by atoms with Crippen LogP contribution in [-0.4, -0.2) is 50.1 Å². The van der Waals surface area contributed by atoms with Crippen LogP contribution >= 0.6 is 0 Å². The van der Waals surface area contributed by atoms with E-state index in [0.717, 1.165) is 0 Å². The van der Waals surface area contributed by atoms with Gasteiger partial charge in [0, 0.05) is 25.2 Å². The number of benzene rings is 2. The summed E-state index contributed by atoms with van der Waals surface area (Å²) in [4.78, 5) is 27.0. The number of carbonyl (C=O) groups is 2. The average molecular weight is 387 g/mol. The standard InChI is InChI=1S/C20H22FN3O4/c1-27-17-12-14(5-6-16(17)28-10-7-22)20(26)24-9-8-23-19(25)18(24)13-3-2-4-15(21)11-13/h2-6,11-12,18H,7-10,22H2,1H3,(H,23,25). The molecule has 1 atom stereocenters. The van der Waals surface area contributed by atoms with Crippen LogP contribution in [0.5, 0.6) is 11.5 Å². The first-order valence-electron chi connectivity index (χ1n) is 8.90. The van der Waals surface area contributed by atoms with Crippen LogP contribution in [0, 0.1) is 5.82 Å². The molecule has 0 bridgehead atoms. The van der Waals surface area contributed by atoms with Crippen molar-refractivity contribution in [1.29, 1.82) is 0 Å². The fourth-order valence-corrected chi connectivity index (χ4v) is 3.15. The fourth-order valence-electron chi connectivity index (χ4n) is 3.15. The quantitative estimate of drug-likeness (QED) is 0.783. The van der Waals surface area contributed by atoms with Crippen LogP contribution in [-0.2, 0) is 4.79 Å². The van der Waals surface area contributed by atoms with E-state index in [1.807, 2.05) is 0 Å². The second-order valence-corrected chi connectivity index (χ2v) is 6.25. The van der Waals surface area contributed by atoms with Crippen LogP contribution < -0.4 is 20.5 Å². The lowest BCUT2D eigenvalue weighted by Crippen LogP contribution is -2.52. The Kier molecular flexibility index (Phi) is 6.10. The number of methoxy groups -OCH3 is 1. The van der Waals surface area contributed by atoms with Gasteiger partial charge in [-0.1, -0.05) is 12.1 Å². The molecule has 1 fully saturated rings. The molecule has 0 aliphatic carbocycles. The molecule has 0 saturated carbocycles. The molecule has 2 aromatic rings. The molecular weight excluding hydrogens is 365 g/mol. The first-order chi connectivity index (χ1) is 13.5. The Labute approximate surface area is 162 Å². The molecule has 1 aliphatic heterocycles. The molecule has 0 spiro atoms. The van der Waals surface area contributed by atoms with Gasteiger partial charge in [0.05, 0.1) is 7.11 Å². The summed E-state index contributed by atoms with van der Waals surface area (Å²) in [6.07, 6.45) is 0. The lowest BCUT2D eigenvalue weighted by molar-refractivity contribution is -0.128. The molecule has 8 heteroatoms. The summed E-state index contributed by atoms with van der Waals surface area (Å²) >= 11 is 0. The Morgan fingerprint density at radius 1 is 1.29 bits per heavy atom. The van der Waals surface area contributed by atoms with Crippen LogP contribution in [0.1, 0.15) is 22.0 Å². The molecule has 1 saturated heterocycles. The number of hydrogen-bond donors (Lipinski definition) is 2. The van der Waals surface area contributed by atoms with Gasteiger partial charge in [-0.3, -0.25) is 9.59 Å². The van der Waals surface area contributed by atoms with Gasteiger partial charge in [0.2, 0.25) is 5.91 Å². The van der Waals surface area contributed by atoms with Gasteiger partial charge >= 0.3 is 0 Å². The number of nitrogens with two attached hydrogens (primary N) is 1. The van der Waals surface area contributed by atoms with Crippen molar-refractivity contribution in [3.8, 4) is 11.5 Å². The summed E-state index contributed by atoms with van der Waals surface area (Å²) in [5.41, 5.74) is 6.20. The highest BCUT2D eigenvalue weighted by Crippen LogP contribution is 2.31. The normalized spacial score (nSPS) is 16.5. The maximum atomic E-state index is 13.7. The number of nitrogens with one attached hydrogen (secondary N) is 1. The molecule has 1 unspecified atom stereocenters. The summed E-state index contributed by atoms with van der Waals surface area (Å²) in [6, 6.07) is 9.58. The molecule has 2 aromatic carbocycles. The van der Waals surface area contributed by atoms with E-state index in [2.05, 4.69) is 5.32 Å². The first kappa shape index (κ1) is 19.6. The summed E-state index contributed by atoms with van der Waals surface area (Å²) in [6.45, 7) is 1.30. The van der Waals surface area contributed by atoms with E-state index in [1.54, 1.807) is 24.3 Å². The number of rotatable bonds is 6. The summed E-state index contributed by atoms with van der Waals surface area (Å²) in [5.74, 6) is -0.301. The smallest absolute Gasteiger partial charge is 0.255 e. The van der Waals surface area contributed by atoms with Crippen molar-refractivity contribution >= 4 is 11.8 Å². The second kappa shape index (κ2) is 8.71. The minimum atomic E-state index is -0.906. The number of nitrogens with zero attached hydrogens (tertiary/aromatic N) is 1. The van der Waals surface area contributed by atoms with Crippen LogP contribution in [0.3, 0.4) is 0 Å². The van der Waals surface area contributed by atoms with Crippen LogP contribution in [0.4, 0.5) is 4.39 Å². The number of halogens is 1. The highest BCUT2D eigenvalue weighted by atomic mass is 19.1. The van der Waals surface area contributed by atoms with E-state index < -0.39 is 11.9 Å². The Hall–Kier alpha value is -3.13. The number of hydrogen-bond acceptors (Lipinski definition) is 5. The SMILES string of the molecule is COc1cc(C(=O)N2CCNC(=O)C2c2cccc(F)c2)ccc1OCCN. The van der Waals surface area contributed by atoms with E-state index in [0.29, 0.717) is 48.9 Å². The summed E-state index contributed by atoms with van der Waals surface area (Å²) < 4.78 is 24.5. The summed E-state index contributed by atoms with van der Waals surface area (Å²) in [7, 11) is 1.47. The highest BCUT2D eigenvalue weighted by molar-refractivity contribution is 5.99. The molecule has 1 aliphatic rings. The van der Waals surface area contributed by atoms with Crippen molar-refractivity contribution < 1.29 is 23.5 Å². The Morgan fingerprint density at radius 2 is 2.11 bits per heavy atom. The summed E-state index contributed by atoms with van der Waals surface area (Å²) in [5, 5.41) is 2.73. The van der Waals surface area contributed by atoms with Crippen molar-refractivity contribution in [3.63, 3.8) is 0 Å². The van der Waals surface area contributed by atoms with E-state index >= 15 is 0 Å². The largest absolute Gasteiger partial charge is 0.493 e. The lowest BCUT2D eigenvalue weighted by atomic mass is 10.0. The van der Waals surface area contributed by atoms with Gasteiger partial charge in [-0.25, -0.2) is 4.39 Å². The topological polar surface area (TPSA) is 93.9 Å². The zero-order valence-electron chi connectivity index (χ0n) is 15.5. The fraction of sp³-hybridized carbons (Fsp3) is 0.300. The van der Waals surface area contributed by atoms with Crippen molar-refractivity contribution in [1.82, 2.24) is 10.2 Å². The van der Waals surface area contributed by atoms with Crippen LogP contribution in [0.15, 0.2) is 42.5 Å². The second-order valence-electron chi connectivity index (χ2n) is 6.25. The maximum Gasteiger partial charge on any atom is 0.255 e. The molecule has 28 heavy (non-hydrogen) atoms. The predicted octanol–water partition coefficient (Wildman–Crippen LogP) is 1.49. The van der Waals surface area contributed by atoms with Gasteiger partial charge in [0.15, 0.2) is 11.5 Å². The number of carbonyl (C=O) groups excluding carboxylic acids is 2. The van der Waals surface area contributed by atoms with Crippen molar-refractivity contribution in [2.45, 2.75) is 6.04 Å². The third-order valence-electron chi connectivity index (χ3n) is 4.42. The molecule has 1 heterocycles. The predicted molar refractivity (Wildman–Crippen MR) is 101 cm³/mol. The molecular formula is C20H22FN3O4. The van der Waals surface area contributed by atoms with Crippen molar-refractivity contribution in [2.24, 2.45) is 5.73 Å².